The molecule has 0 bridgehead atoms. The molecule has 6 heteroatoms. The summed E-state index contributed by atoms with van der Waals surface area (Å²) < 4.78 is 17.8. The predicted molar refractivity (Wildman–Crippen MR) is 84.7 cm³/mol. The van der Waals surface area contributed by atoms with Crippen LogP contribution in [0.5, 0.6) is 0 Å². The third kappa shape index (κ3) is 5.07. The molecule has 2 rings (SSSR count). The monoisotopic (exact) mass is 335 g/mol. The first kappa shape index (κ1) is 17.0. The van der Waals surface area contributed by atoms with Crippen molar-refractivity contribution < 1.29 is 18.7 Å². The summed E-state index contributed by atoms with van der Waals surface area (Å²) in [4.78, 5) is 23.6. The zero-order valence-corrected chi connectivity index (χ0v) is 13.1. The van der Waals surface area contributed by atoms with E-state index in [4.69, 9.17) is 16.3 Å². The number of ether oxygens (including phenoxy) is 1. The van der Waals surface area contributed by atoms with Crippen LogP contribution in [0.4, 0.5) is 4.39 Å². The number of rotatable bonds is 5. The fourth-order valence-electron chi connectivity index (χ4n) is 1.95. The summed E-state index contributed by atoms with van der Waals surface area (Å²) in [5.41, 5.74) is 1.03. The third-order valence-corrected chi connectivity index (χ3v) is 3.38. The van der Waals surface area contributed by atoms with Crippen LogP contribution in [0.1, 0.15) is 28.9 Å². The smallest absolute Gasteiger partial charge is 0.338 e. The molecule has 1 amide bonds. The molecule has 0 saturated heterocycles. The van der Waals surface area contributed by atoms with Crippen LogP contribution >= 0.6 is 11.6 Å². The van der Waals surface area contributed by atoms with Crippen molar-refractivity contribution in [3.63, 3.8) is 0 Å². The van der Waals surface area contributed by atoms with Crippen molar-refractivity contribution in [1.29, 1.82) is 0 Å². The fourth-order valence-corrected chi connectivity index (χ4v) is 2.14. The second-order valence-electron chi connectivity index (χ2n) is 4.93. The lowest BCUT2D eigenvalue weighted by Crippen LogP contribution is -2.31. The number of carbonyl (C=O) groups excluding carboxylic acids is 2. The van der Waals surface area contributed by atoms with Crippen LogP contribution in [0.2, 0.25) is 5.02 Å². The van der Waals surface area contributed by atoms with Gasteiger partial charge in [0.15, 0.2) is 6.61 Å². The van der Waals surface area contributed by atoms with E-state index in [2.05, 4.69) is 5.32 Å². The molecule has 2 aromatic rings. The molecule has 1 atom stereocenters. The van der Waals surface area contributed by atoms with Crippen LogP contribution < -0.4 is 5.32 Å². The van der Waals surface area contributed by atoms with E-state index in [-0.39, 0.29) is 17.4 Å². The lowest BCUT2D eigenvalue weighted by molar-refractivity contribution is -0.124. The van der Waals surface area contributed by atoms with Crippen LogP contribution in [0.3, 0.4) is 0 Å². The van der Waals surface area contributed by atoms with Gasteiger partial charge in [-0.15, -0.1) is 0 Å². The van der Waals surface area contributed by atoms with E-state index in [9.17, 15) is 14.0 Å². The molecule has 0 aliphatic rings. The number of halogens is 2. The van der Waals surface area contributed by atoms with Crippen LogP contribution in [0.25, 0.3) is 0 Å². The molecule has 0 aromatic heterocycles. The predicted octanol–water partition coefficient (Wildman–Crippen LogP) is 3.51. The fraction of sp³-hybridized carbons (Fsp3) is 0.176. The average Bonchev–Trinajstić information content (AvgIpc) is 2.53. The van der Waals surface area contributed by atoms with E-state index < -0.39 is 18.5 Å². The highest BCUT2D eigenvalue weighted by Gasteiger charge is 2.13. The Morgan fingerprint density at radius 3 is 2.57 bits per heavy atom. The highest BCUT2D eigenvalue weighted by molar-refractivity contribution is 6.30. The molecule has 4 nitrogen and oxygen atoms in total. The van der Waals surface area contributed by atoms with E-state index in [1.165, 1.54) is 18.2 Å². The Balaban J connectivity index is 1.85. The maximum absolute atomic E-state index is 12.9. The van der Waals surface area contributed by atoms with Crippen molar-refractivity contribution in [2.75, 3.05) is 6.61 Å². The summed E-state index contributed by atoms with van der Waals surface area (Å²) >= 11 is 5.79. The molecule has 0 aliphatic carbocycles. The van der Waals surface area contributed by atoms with Gasteiger partial charge < -0.3 is 10.1 Å². The lowest BCUT2D eigenvalue weighted by atomic mass is 10.1. The molecule has 0 aliphatic heterocycles. The van der Waals surface area contributed by atoms with Crippen LogP contribution in [0, 0.1) is 5.82 Å². The largest absolute Gasteiger partial charge is 0.452 e. The SMILES string of the molecule is C[C@H](NC(=O)COC(=O)c1cccc(Cl)c1)c1ccc(F)cc1. The lowest BCUT2D eigenvalue weighted by Gasteiger charge is -2.14. The van der Waals surface area contributed by atoms with Gasteiger partial charge in [-0.25, -0.2) is 9.18 Å². The third-order valence-electron chi connectivity index (χ3n) is 3.14. The molecule has 0 heterocycles. The van der Waals surface area contributed by atoms with Gasteiger partial charge >= 0.3 is 5.97 Å². The summed E-state index contributed by atoms with van der Waals surface area (Å²) in [6.45, 7) is 1.35. The van der Waals surface area contributed by atoms with Gasteiger partial charge in [0.1, 0.15) is 5.82 Å². The molecule has 0 fully saturated rings. The van der Waals surface area contributed by atoms with Crippen molar-refractivity contribution in [2.45, 2.75) is 13.0 Å². The first-order valence-electron chi connectivity index (χ1n) is 6.93. The van der Waals surface area contributed by atoms with Crippen molar-refractivity contribution in [2.24, 2.45) is 0 Å². The Morgan fingerprint density at radius 1 is 1.22 bits per heavy atom. The Bertz CT molecular complexity index is 703. The Kier molecular flexibility index (Phi) is 5.71. The first-order valence-corrected chi connectivity index (χ1v) is 7.31. The normalized spacial score (nSPS) is 11.6. The molecular formula is C17H15ClFNO3. The zero-order valence-electron chi connectivity index (χ0n) is 12.4. The van der Waals surface area contributed by atoms with E-state index in [0.717, 1.165) is 5.56 Å². The van der Waals surface area contributed by atoms with Gasteiger partial charge in [-0.1, -0.05) is 29.8 Å². The minimum Gasteiger partial charge on any atom is -0.452 e. The van der Waals surface area contributed by atoms with Crippen molar-refractivity contribution in [3.8, 4) is 0 Å². The minimum absolute atomic E-state index is 0.275. The number of hydrogen-bond donors (Lipinski definition) is 1. The average molecular weight is 336 g/mol. The Labute approximate surface area is 138 Å². The number of amides is 1. The molecule has 0 spiro atoms. The van der Waals surface area contributed by atoms with Crippen LogP contribution in [-0.4, -0.2) is 18.5 Å². The van der Waals surface area contributed by atoms with Gasteiger partial charge in [-0.05, 0) is 42.8 Å². The van der Waals surface area contributed by atoms with Gasteiger partial charge in [0.05, 0.1) is 11.6 Å². The maximum Gasteiger partial charge on any atom is 0.338 e. The molecule has 120 valence electrons. The van der Waals surface area contributed by atoms with Gasteiger partial charge in [0, 0.05) is 5.02 Å². The highest BCUT2D eigenvalue weighted by atomic mass is 35.5. The molecule has 23 heavy (non-hydrogen) atoms. The standard InChI is InChI=1S/C17H15ClFNO3/c1-11(12-5-7-15(19)8-6-12)20-16(21)10-23-17(22)13-3-2-4-14(18)9-13/h2-9,11H,10H2,1H3,(H,20,21)/t11-/m0/s1. The summed E-state index contributed by atoms with van der Waals surface area (Å²) in [5, 5.41) is 3.08. The summed E-state index contributed by atoms with van der Waals surface area (Å²) in [5.74, 6) is -1.42. The topological polar surface area (TPSA) is 55.4 Å². The van der Waals surface area contributed by atoms with E-state index >= 15 is 0 Å². The number of benzene rings is 2. The van der Waals surface area contributed by atoms with Gasteiger partial charge in [-0.2, -0.15) is 0 Å². The van der Waals surface area contributed by atoms with E-state index in [1.807, 2.05) is 0 Å². The summed E-state index contributed by atoms with van der Waals surface area (Å²) in [6.07, 6.45) is 0. The second-order valence-corrected chi connectivity index (χ2v) is 5.36. The van der Waals surface area contributed by atoms with Crippen LogP contribution in [0.15, 0.2) is 48.5 Å². The van der Waals surface area contributed by atoms with Gasteiger partial charge in [-0.3, -0.25) is 4.79 Å². The summed E-state index contributed by atoms with van der Waals surface area (Å²) in [7, 11) is 0. The zero-order chi connectivity index (χ0) is 16.8. The Hall–Kier alpha value is -2.40. The molecule has 0 saturated carbocycles. The van der Waals surface area contributed by atoms with Crippen molar-refractivity contribution in [1.82, 2.24) is 5.32 Å². The Morgan fingerprint density at radius 2 is 1.91 bits per heavy atom. The number of nitrogens with one attached hydrogen (secondary N) is 1. The number of hydrogen-bond acceptors (Lipinski definition) is 3. The minimum atomic E-state index is -0.628. The second kappa shape index (κ2) is 7.74. The summed E-state index contributed by atoms with van der Waals surface area (Å²) in [6, 6.07) is 11.7. The van der Waals surface area contributed by atoms with Gasteiger partial charge in [0.2, 0.25) is 0 Å². The molecule has 1 N–H and O–H groups in total. The molecular weight excluding hydrogens is 321 g/mol. The van der Waals surface area contributed by atoms with Crippen molar-refractivity contribution in [3.05, 3.63) is 70.5 Å². The molecule has 2 aromatic carbocycles. The van der Waals surface area contributed by atoms with E-state index in [1.54, 1.807) is 37.3 Å². The first-order chi connectivity index (χ1) is 11.0. The van der Waals surface area contributed by atoms with E-state index in [0.29, 0.717) is 5.02 Å². The van der Waals surface area contributed by atoms with Crippen molar-refractivity contribution >= 4 is 23.5 Å². The van der Waals surface area contributed by atoms with Crippen LogP contribution in [-0.2, 0) is 9.53 Å². The molecule has 0 radical (unpaired) electrons. The maximum atomic E-state index is 12.9. The molecule has 0 unspecified atom stereocenters. The number of esters is 1. The number of carbonyl (C=O) groups is 2. The highest BCUT2D eigenvalue weighted by Crippen LogP contribution is 2.13. The van der Waals surface area contributed by atoms with Gasteiger partial charge in [0.25, 0.3) is 5.91 Å². The quantitative estimate of drug-likeness (QED) is 0.851.